The summed E-state index contributed by atoms with van der Waals surface area (Å²) in [5.74, 6) is -1.51. The average molecular weight is 422 g/mol. The molecule has 0 bridgehead atoms. The van der Waals surface area contributed by atoms with Gasteiger partial charge in [0.1, 0.15) is 17.0 Å². The minimum Gasteiger partial charge on any atom is -0.457 e. The lowest BCUT2D eigenvalue weighted by Gasteiger charge is -2.28. The van der Waals surface area contributed by atoms with E-state index >= 15 is 0 Å². The van der Waals surface area contributed by atoms with Gasteiger partial charge in [0, 0.05) is 11.6 Å². The zero-order valence-electron chi connectivity index (χ0n) is 17.0. The number of nitrogens with zero attached hydrogens (tertiary/aromatic N) is 2. The first-order chi connectivity index (χ1) is 14.8. The molecule has 31 heavy (non-hydrogen) atoms. The molecule has 4 rings (SSSR count). The van der Waals surface area contributed by atoms with Gasteiger partial charge in [-0.05, 0) is 44.2 Å². The van der Waals surface area contributed by atoms with Gasteiger partial charge in [-0.25, -0.2) is 18.5 Å². The van der Waals surface area contributed by atoms with Crippen molar-refractivity contribution < 1.29 is 23.1 Å². The molecule has 3 aromatic carbocycles. The summed E-state index contributed by atoms with van der Waals surface area (Å²) in [4.78, 5) is 28.5. The Morgan fingerprint density at radius 2 is 1.55 bits per heavy atom. The molecule has 0 aliphatic carbocycles. The number of imide groups is 1. The van der Waals surface area contributed by atoms with Crippen LogP contribution in [0.5, 0.6) is 11.5 Å². The summed E-state index contributed by atoms with van der Waals surface area (Å²) in [5.41, 5.74) is -0.507. The van der Waals surface area contributed by atoms with Crippen LogP contribution in [0.3, 0.4) is 0 Å². The molecule has 1 aliphatic rings. The van der Waals surface area contributed by atoms with Crippen molar-refractivity contribution in [3.05, 3.63) is 90.0 Å². The fourth-order valence-electron chi connectivity index (χ4n) is 3.47. The van der Waals surface area contributed by atoms with E-state index in [1.165, 1.54) is 11.0 Å². The number of benzene rings is 3. The van der Waals surface area contributed by atoms with Crippen molar-refractivity contribution in [3.8, 4) is 11.5 Å². The van der Waals surface area contributed by atoms with Crippen molar-refractivity contribution in [1.82, 2.24) is 4.90 Å². The summed E-state index contributed by atoms with van der Waals surface area (Å²) >= 11 is 0. The summed E-state index contributed by atoms with van der Waals surface area (Å²) in [5, 5.41) is 0. The second-order valence-electron chi connectivity index (χ2n) is 7.69. The highest BCUT2D eigenvalue weighted by Gasteiger charge is 2.52. The highest BCUT2D eigenvalue weighted by atomic mass is 19.2. The molecule has 0 radical (unpaired) electrons. The molecule has 3 amide bonds. The lowest BCUT2D eigenvalue weighted by molar-refractivity contribution is -0.123. The van der Waals surface area contributed by atoms with E-state index in [1.807, 2.05) is 48.5 Å². The van der Waals surface area contributed by atoms with Crippen LogP contribution in [0.1, 0.15) is 19.4 Å². The number of carbonyl (C=O) groups excluding carboxylic acids is 2. The third kappa shape index (κ3) is 3.74. The minimum atomic E-state index is -1.19. The van der Waals surface area contributed by atoms with Crippen LogP contribution >= 0.6 is 0 Å². The van der Waals surface area contributed by atoms with Gasteiger partial charge in [0.15, 0.2) is 11.6 Å². The predicted octanol–water partition coefficient (Wildman–Crippen LogP) is 5.50. The van der Waals surface area contributed by atoms with E-state index in [9.17, 15) is 18.4 Å². The predicted molar refractivity (Wildman–Crippen MR) is 112 cm³/mol. The highest BCUT2D eigenvalue weighted by Crippen LogP contribution is 2.35. The van der Waals surface area contributed by atoms with Gasteiger partial charge in [0.2, 0.25) is 0 Å². The van der Waals surface area contributed by atoms with Crippen LogP contribution in [0.25, 0.3) is 0 Å². The Labute approximate surface area is 178 Å². The molecule has 5 nitrogen and oxygen atoms in total. The number of rotatable bonds is 5. The summed E-state index contributed by atoms with van der Waals surface area (Å²) in [7, 11) is 0. The van der Waals surface area contributed by atoms with Gasteiger partial charge < -0.3 is 9.64 Å². The molecule has 0 saturated carbocycles. The molecule has 0 N–H and O–H groups in total. The molecule has 0 atom stereocenters. The molecule has 1 heterocycles. The first-order valence-electron chi connectivity index (χ1n) is 9.71. The second-order valence-corrected chi connectivity index (χ2v) is 7.69. The fourth-order valence-corrected chi connectivity index (χ4v) is 3.47. The van der Waals surface area contributed by atoms with Crippen molar-refractivity contribution in [2.24, 2.45) is 0 Å². The van der Waals surface area contributed by atoms with Crippen molar-refractivity contribution in [1.29, 1.82) is 0 Å². The number of para-hydroxylation sites is 2. The largest absolute Gasteiger partial charge is 0.457 e. The van der Waals surface area contributed by atoms with Gasteiger partial charge in [-0.2, -0.15) is 0 Å². The van der Waals surface area contributed by atoms with Crippen LogP contribution in [-0.2, 0) is 11.3 Å². The van der Waals surface area contributed by atoms with E-state index in [2.05, 4.69) is 0 Å². The minimum absolute atomic E-state index is 0.0155. The molecule has 0 aromatic heterocycles. The van der Waals surface area contributed by atoms with Crippen LogP contribution in [-0.4, -0.2) is 22.4 Å². The molecule has 0 unspecified atom stereocenters. The molecular weight excluding hydrogens is 402 g/mol. The summed E-state index contributed by atoms with van der Waals surface area (Å²) < 4.78 is 33.0. The zero-order chi connectivity index (χ0) is 22.2. The lowest BCUT2D eigenvalue weighted by Crippen LogP contribution is -2.43. The summed E-state index contributed by atoms with van der Waals surface area (Å²) in [6.45, 7) is 3.34. The molecule has 0 spiro atoms. The SMILES string of the molecule is CC1(C)C(=O)N(c2ccc(F)c(F)c2)C(=O)N1Cc1ccccc1Oc1ccccc1. The van der Waals surface area contributed by atoms with E-state index in [-0.39, 0.29) is 12.2 Å². The van der Waals surface area contributed by atoms with Gasteiger partial charge in [0.05, 0.1) is 12.2 Å². The Morgan fingerprint density at radius 1 is 0.871 bits per heavy atom. The third-order valence-corrected chi connectivity index (χ3v) is 5.26. The normalized spacial score (nSPS) is 15.5. The number of halogens is 2. The maximum atomic E-state index is 13.7. The number of amides is 3. The molecule has 1 fully saturated rings. The van der Waals surface area contributed by atoms with Gasteiger partial charge >= 0.3 is 6.03 Å². The highest BCUT2D eigenvalue weighted by molar-refractivity contribution is 6.22. The molecule has 7 heteroatoms. The van der Waals surface area contributed by atoms with Crippen molar-refractivity contribution in [3.63, 3.8) is 0 Å². The standard InChI is InChI=1S/C24H20F2N2O3/c1-24(2)22(29)28(17-12-13-19(25)20(26)14-17)23(30)27(24)15-16-8-6-7-11-21(16)31-18-9-4-3-5-10-18/h3-14H,15H2,1-2H3. The number of hydrogen-bond donors (Lipinski definition) is 0. The first kappa shape index (κ1) is 20.5. The molecule has 3 aromatic rings. The fraction of sp³-hybridized carbons (Fsp3) is 0.167. The summed E-state index contributed by atoms with van der Waals surface area (Å²) in [6, 6.07) is 18.8. The van der Waals surface area contributed by atoms with E-state index in [1.54, 1.807) is 19.9 Å². The van der Waals surface area contributed by atoms with Crippen LogP contribution in [0.15, 0.2) is 72.8 Å². The average Bonchev–Trinajstić information content (AvgIpc) is 2.92. The van der Waals surface area contributed by atoms with E-state index in [4.69, 9.17) is 4.74 Å². The number of hydrogen-bond acceptors (Lipinski definition) is 3. The van der Waals surface area contributed by atoms with E-state index in [0.717, 1.165) is 17.0 Å². The maximum absolute atomic E-state index is 13.7. The van der Waals surface area contributed by atoms with Crippen LogP contribution in [0, 0.1) is 11.6 Å². The van der Waals surface area contributed by atoms with Crippen molar-refractivity contribution in [2.45, 2.75) is 25.9 Å². The third-order valence-electron chi connectivity index (χ3n) is 5.26. The Balaban J connectivity index is 1.65. The van der Waals surface area contributed by atoms with Crippen LogP contribution in [0.2, 0.25) is 0 Å². The maximum Gasteiger partial charge on any atom is 0.332 e. The zero-order valence-corrected chi connectivity index (χ0v) is 17.0. The Bertz CT molecular complexity index is 1150. The van der Waals surface area contributed by atoms with Gasteiger partial charge in [-0.3, -0.25) is 4.79 Å². The van der Waals surface area contributed by atoms with E-state index < -0.39 is 29.1 Å². The molecule has 1 saturated heterocycles. The smallest absolute Gasteiger partial charge is 0.332 e. The molecule has 158 valence electrons. The van der Waals surface area contributed by atoms with Crippen molar-refractivity contribution >= 4 is 17.6 Å². The Hall–Kier alpha value is -3.74. The Morgan fingerprint density at radius 3 is 2.26 bits per heavy atom. The summed E-state index contributed by atoms with van der Waals surface area (Å²) in [6.07, 6.45) is 0. The van der Waals surface area contributed by atoms with Gasteiger partial charge in [-0.1, -0.05) is 36.4 Å². The number of urea groups is 1. The lowest BCUT2D eigenvalue weighted by atomic mass is 10.0. The van der Waals surface area contributed by atoms with Crippen LogP contribution < -0.4 is 9.64 Å². The molecule has 1 aliphatic heterocycles. The number of carbonyl (C=O) groups is 2. The topological polar surface area (TPSA) is 49.9 Å². The second kappa shape index (κ2) is 7.83. The van der Waals surface area contributed by atoms with Gasteiger partial charge in [0.25, 0.3) is 5.91 Å². The van der Waals surface area contributed by atoms with Gasteiger partial charge in [-0.15, -0.1) is 0 Å². The monoisotopic (exact) mass is 422 g/mol. The number of anilines is 1. The molecular formula is C24H20F2N2O3. The first-order valence-corrected chi connectivity index (χ1v) is 9.71. The quantitative estimate of drug-likeness (QED) is 0.510. The number of ether oxygens (including phenoxy) is 1. The van der Waals surface area contributed by atoms with Crippen LogP contribution in [0.4, 0.5) is 19.3 Å². The van der Waals surface area contributed by atoms with Crippen molar-refractivity contribution in [2.75, 3.05) is 4.90 Å². The van der Waals surface area contributed by atoms with E-state index in [0.29, 0.717) is 17.1 Å². The Kier molecular flexibility index (Phi) is 5.19.